The fourth-order valence-corrected chi connectivity index (χ4v) is 3.20. The second-order valence-electron chi connectivity index (χ2n) is 5.42. The highest BCUT2D eigenvalue weighted by Crippen LogP contribution is 2.32. The molecule has 0 fully saturated rings. The van der Waals surface area contributed by atoms with E-state index >= 15 is 0 Å². The zero-order valence-electron chi connectivity index (χ0n) is 12.7. The van der Waals surface area contributed by atoms with Gasteiger partial charge in [0.05, 0.1) is 30.2 Å². The Morgan fingerprint density at radius 3 is 2.87 bits per heavy atom. The van der Waals surface area contributed by atoms with Gasteiger partial charge in [-0.25, -0.2) is 4.99 Å². The Kier molecular flexibility index (Phi) is 4.51. The van der Waals surface area contributed by atoms with Gasteiger partial charge in [0, 0.05) is 17.5 Å². The van der Waals surface area contributed by atoms with Crippen LogP contribution >= 0.6 is 0 Å². The lowest BCUT2D eigenvalue weighted by Crippen LogP contribution is -2.43. The zero-order valence-corrected chi connectivity index (χ0v) is 13.5. The van der Waals surface area contributed by atoms with Crippen LogP contribution < -0.4 is 10.6 Å². The highest BCUT2D eigenvalue weighted by atomic mass is 32.2. The average molecular weight is 329 g/mol. The van der Waals surface area contributed by atoms with E-state index in [0.29, 0.717) is 6.54 Å². The lowest BCUT2D eigenvalue weighted by Gasteiger charge is -2.33. The van der Waals surface area contributed by atoms with Crippen LogP contribution in [0.2, 0.25) is 0 Å². The SMILES string of the molecule is C[C@H](N)C1=Nc2cccc(CS(=O)[O-])c2CN1c1cccnc1. The van der Waals surface area contributed by atoms with Crippen LogP contribution in [0.3, 0.4) is 0 Å². The molecule has 1 unspecified atom stereocenters. The minimum atomic E-state index is -2.14. The van der Waals surface area contributed by atoms with Gasteiger partial charge in [-0.3, -0.25) is 9.19 Å². The summed E-state index contributed by atoms with van der Waals surface area (Å²) in [6.45, 7) is 2.40. The van der Waals surface area contributed by atoms with Gasteiger partial charge >= 0.3 is 0 Å². The highest BCUT2D eigenvalue weighted by molar-refractivity contribution is 7.78. The Balaban J connectivity index is 2.09. The van der Waals surface area contributed by atoms with Crippen molar-refractivity contribution in [2.24, 2.45) is 10.7 Å². The lowest BCUT2D eigenvalue weighted by atomic mass is 10.0. The molecule has 3 rings (SSSR count). The molecular weight excluding hydrogens is 312 g/mol. The minimum Gasteiger partial charge on any atom is -0.772 e. The van der Waals surface area contributed by atoms with Crippen molar-refractivity contribution in [1.82, 2.24) is 4.98 Å². The molecule has 1 aliphatic rings. The number of rotatable bonds is 4. The molecule has 1 aromatic heterocycles. The maximum Gasteiger partial charge on any atom is 0.126 e. The van der Waals surface area contributed by atoms with E-state index in [1.54, 1.807) is 12.4 Å². The summed E-state index contributed by atoms with van der Waals surface area (Å²) in [6.07, 6.45) is 3.45. The molecule has 0 amide bonds. The van der Waals surface area contributed by atoms with Gasteiger partial charge in [-0.05, 0) is 30.7 Å². The van der Waals surface area contributed by atoms with Crippen molar-refractivity contribution in [2.45, 2.75) is 25.3 Å². The first-order chi connectivity index (χ1) is 11.1. The Hall–Kier alpha value is -2.09. The predicted octanol–water partition coefficient (Wildman–Crippen LogP) is 1.86. The summed E-state index contributed by atoms with van der Waals surface area (Å²) < 4.78 is 22.2. The smallest absolute Gasteiger partial charge is 0.126 e. The fourth-order valence-electron chi connectivity index (χ4n) is 2.68. The summed E-state index contributed by atoms with van der Waals surface area (Å²) in [5.74, 6) is 0.721. The number of aromatic nitrogens is 1. The van der Waals surface area contributed by atoms with Crippen molar-refractivity contribution < 1.29 is 8.76 Å². The Morgan fingerprint density at radius 2 is 2.22 bits per heavy atom. The molecule has 0 saturated heterocycles. The van der Waals surface area contributed by atoms with Crippen LogP contribution in [-0.4, -0.2) is 25.6 Å². The molecule has 2 aromatic rings. The first-order valence-electron chi connectivity index (χ1n) is 7.24. The highest BCUT2D eigenvalue weighted by Gasteiger charge is 2.25. The van der Waals surface area contributed by atoms with E-state index in [2.05, 4.69) is 9.98 Å². The third kappa shape index (κ3) is 3.31. The number of nitrogens with zero attached hydrogens (tertiary/aromatic N) is 3. The van der Waals surface area contributed by atoms with Crippen molar-refractivity contribution in [2.75, 3.05) is 4.90 Å². The van der Waals surface area contributed by atoms with Gasteiger partial charge in [0.1, 0.15) is 5.84 Å². The molecule has 0 bridgehead atoms. The van der Waals surface area contributed by atoms with Gasteiger partial charge in [-0.1, -0.05) is 23.2 Å². The van der Waals surface area contributed by atoms with Gasteiger partial charge < -0.3 is 15.2 Å². The molecule has 1 aliphatic heterocycles. The van der Waals surface area contributed by atoms with E-state index in [4.69, 9.17) is 5.73 Å². The van der Waals surface area contributed by atoms with E-state index in [1.165, 1.54) is 0 Å². The van der Waals surface area contributed by atoms with Crippen LogP contribution in [0.15, 0.2) is 47.7 Å². The summed E-state index contributed by atoms with van der Waals surface area (Å²) in [4.78, 5) is 10.8. The standard InChI is InChI=1S/C16H18N4O2S/c1-11(17)16-19-15-6-2-4-12(10-23(21)22)14(15)9-20(16)13-5-3-7-18-8-13/h2-8,11H,9-10,17H2,1H3,(H,21,22)/p-1/t11-/m0/s1. The molecule has 6 nitrogen and oxygen atoms in total. The summed E-state index contributed by atoms with van der Waals surface area (Å²) in [7, 11) is 0. The number of amidine groups is 1. The van der Waals surface area contributed by atoms with Crippen molar-refractivity contribution in [1.29, 1.82) is 0 Å². The summed E-state index contributed by atoms with van der Waals surface area (Å²) in [6, 6.07) is 9.06. The zero-order chi connectivity index (χ0) is 16.4. The van der Waals surface area contributed by atoms with Gasteiger partial charge in [-0.15, -0.1) is 0 Å². The van der Waals surface area contributed by atoms with Crippen molar-refractivity contribution in [3.8, 4) is 0 Å². The fraction of sp³-hybridized carbons (Fsp3) is 0.250. The van der Waals surface area contributed by atoms with Gasteiger partial charge in [0.15, 0.2) is 0 Å². The number of nitrogens with two attached hydrogens (primary N) is 1. The van der Waals surface area contributed by atoms with Crippen LogP contribution in [0, 0.1) is 0 Å². The second kappa shape index (κ2) is 6.57. The summed E-state index contributed by atoms with van der Waals surface area (Å²) >= 11 is -2.14. The molecule has 1 aromatic carbocycles. The van der Waals surface area contributed by atoms with E-state index in [1.807, 2.05) is 42.2 Å². The number of fused-ring (bicyclic) bond motifs is 1. The maximum absolute atomic E-state index is 11.1. The molecule has 23 heavy (non-hydrogen) atoms. The first-order valence-corrected chi connectivity index (χ1v) is 8.49. The Labute approximate surface area is 137 Å². The van der Waals surface area contributed by atoms with E-state index in [0.717, 1.165) is 28.3 Å². The summed E-state index contributed by atoms with van der Waals surface area (Å²) in [5.41, 5.74) is 9.41. The van der Waals surface area contributed by atoms with E-state index in [-0.39, 0.29) is 11.8 Å². The van der Waals surface area contributed by atoms with Gasteiger partial charge in [0.25, 0.3) is 0 Å². The minimum absolute atomic E-state index is 0.0207. The molecule has 0 spiro atoms. The van der Waals surface area contributed by atoms with Crippen molar-refractivity contribution in [3.63, 3.8) is 0 Å². The normalized spacial score (nSPS) is 16.5. The van der Waals surface area contributed by atoms with Crippen LogP contribution in [0.5, 0.6) is 0 Å². The molecule has 7 heteroatoms. The molecule has 2 N–H and O–H groups in total. The monoisotopic (exact) mass is 329 g/mol. The lowest BCUT2D eigenvalue weighted by molar-refractivity contribution is 0.536. The van der Waals surface area contributed by atoms with E-state index in [9.17, 15) is 8.76 Å². The number of pyridine rings is 1. The number of hydrogen-bond acceptors (Lipinski definition) is 6. The van der Waals surface area contributed by atoms with Crippen molar-refractivity contribution in [3.05, 3.63) is 53.9 Å². The van der Waals surface area contributed by atoms with Crippen LogP contribution in [0.25, 0.3) is 0 Å². The molecule has 2 atom stereocenters. The molecule has 0 saturated carbocycles. The Morgan fingerprint density at radius 1 is 1.39 bits per heavy atom. The predicted molar refractivity (Wildman–Crippen MR) is 90.2 cm³/mol. The first kappa shape index (κ1) is 15.8. The molecule has 0 radical (unpaired) electrons. The molecular formula is C16H17N4O2S-. The molecule has 120 valence electrons. The number of hydrogen-bond donors (Lipinski definition) is 1. The largest absolute Gasteiger partial charge is 0.772 e. The number of anilines is 1. The second-order valence-corrected chi connectivity index (χ2v) is 6.32. The third-order valence-electron chi connectivity index (χ3n) is 3.71. The van der Waals surface area contributed by atoms with E-state index < -0.39 is 11.1 Å². The Bertz CT molecular complexity index is 762. The van der Waals surface area contributed by atoms with Crippen LogP contribution in [0.4, 0.5) is 11.4 Å². The average Bonchev–Trinajstić information content (AvgIpc) is 2.54. The van der Waals surface area contributed by atoms with Crippen LogP contribution in [0.1, 0.15) is 18.1 Å². The van der Waals surface area contributed by atoms with Gasteiger partial charge in [-0.2, -0.15) is 0 Å². The molecule has 2 heterocycles. The van der Waals surface area contributed by atoms with Crippen molar-refractivity contribution >= 4 is 28.3 Å². The third-order valence-corrected chi connectivity index (χ3v) is 4.26. The number of aliphatic imine (C=N–C) groups is 1. The van der Waals surface area contributed by atoms with Crippen LogP contribution in [-0.2, 0) is 23.4 Å². The van der Waals surface area contributed by atoms with Gasteiger partial charge in [0.2, 0.25) is 0 Å². The number of benzene rings is 1. The molecule has 0 aliphatic carbocycles. The quantitative estimate of drug-likeness (QED) is 0.864. The maximum atomic E-state index is 11.1. The topological polar surface area (TPSA) is 94.6 Å². The summed E-state index contributed by atoms with van der Waals surface area (Å²) in [5, 5.41) is 0.